The Morgan fingerprint density at radius 3 is 2.40 bits per heavy atom. The molecular weight excluding hydrogens is 192 g/mol. The lowest BCUT2D eigenvalue weighted by atomic mass is 9.84. The molecule has 1 saturated heterocycles. The number of benzene rings is 1. The van der Waals surface area contributed by atoms with Gasteiger partial charge in [0, 0.05) is 6.42 Å². The van der Waals surface area contributed by atoms with Crippen LogP contribution in [-0.4, -0.2) is 17.7 Å². The molecule has 0 spiro atoms. The molecule has 0 radical (unpaired) electrons. The largest absolute Gasteiger partial charge is 0.478 e. The van der Waals surface area contributed by atoms with Gasteiger partial charge < -0.3 is 9.84 Å². The van der Waals surface area contributed by atoms with E-state index in [1.54, 1.807) is 12.1 Å². The second-order valence-corrected chi connectivity index (χ2v) is 3.83. The summed E-state index contributed by atoms with van der Waals surface area (Å²) in [6.07, 6.45) is 1.95. The molecule has 1 aromatic rings. The quantitative estimate of drug-likeness (QED) is 0.826. The first-order chi connectivity index (χ1) is 7.18. The smallest absolute Gasteiger partial charge is 0.335 e. The van der Waals surface area contributed by atoms with Gasteiger partial charge in [0.25, 0.3) is 0 Å². The van der Waals surface area contributed by atoms with Crippen LogP contribution in [0.5, 0.6) is 0 Å². The highest BCUT2D eigenvalue weighted by molar-refractivity contribution is 5.87. The number of carboxylic acid groups (broad SMARTS) is 1. The summed E-state index contributed by atoms with van der Waals surface area (Å²) in [6.45, 7) is 2.89. The van der Waals surface area contributed by atoms with Crippen molar-refractivity contribution in [2.75, 3.05) is 6.61 Å². The van der Waals surface area contributed by atoms with Gasteiger partial charge in [0.15, 0.2) is 0 Å². The summed E-state index contributed by atoms with van der Waals surface area (Å²) in [5.74, 6) is -0.887. The highest BCUT2D eigenvalue weighted by Crippen LogP contribution is 2.40. The molecule has 1 heterocycles. The fourth-order valence-corrected chi connectivity index (χ4v) is 1.98. The summed E-state index contributed by atoms with van der Waals surface area (Å²) >= 11 is 0. The van der Waals surface area contributed by atoms with Gasteiger partial charge in [0.1, 0.15) is 0 Å². The van der Waals surface area contributed by atoms with Gasteiger partial charge in [-0.2, -0.15) is 0 Å². The lowest BCUT2D eigenvalue weighted by Crippen LogP contribution is -2.40. The summed E-state index contributed by atoms with van der Waals surface area (Å²) < 4.78 is 5.61. The Morgan fingerprint density at radius 1 is 1.47 bits per heavy atom. The summed E-state index contributed by atoms with van der Waals surface area (Å²) in [5.41, 5.74) is 1.25. The molecule has 1 fully saturated rings. The Hall–Kier alpha value is -1.35. The first kappa shape index (κ1) is 10.2. The van der Waals surface area contributed by atoms with Crippen molar-refractivity contribution in [1.82, 2.24) is 0 Å². The van der Waals surface area contributed by atoms with Crippen molar-refractivity contribution in [3.8, 4) is 0 Å². The molecular formula is C12H14O3. The minimum absolute atomic E-state index is 0.156. The van der Waals surface area contributed by atoms with E-state index < -0.39 is 5.97 Å². The molecule has 1 unspecified atom stereocenters. The van der Waals surface area contributed by atoms with E-state index in [1.807, 2.05) is 12.1 Å². The Bertz CT molecular complexity index is 357. The molecule has 1 atom stereocenters. The van der Waals surface area contributed by atoms with Crippen molar-refractivity contribution >= 4 is 5.97 Å². The third kappa shape index (κ3) is 1.63. The highest BCUT2D eigenvalue weighted by atomic mass is 16.5. The molecule has 0 saturated carbocycles. The van der Waals surface area contributed by atoms with Gasteiger partial charge in [-0.1, -0.05) is 19.1 Å². The van der Waals surface area contributed by atoms with Gasteiger partial charge >= 0.3 is 5.97 Å². The van der Waals surface area contributed by atoms with Gasteiger partial charge in [-0.25, -0.2) is 4.79 Å². The zero-order valence-electron chi connectivity index (χ0n) is 8.69. The molecule has 0 amide bonds. The topological polar surface area (TPSA) is 46.5 Å². The number of ether oxygens (including phenoxy) is 1. The average molecular weight is 206 g/mol. The Labute approximate surface area is 88.7 Å². The van der Waals surface area contributed by atoms with Crippen molar-refractivity contribution in [3.63, 3.8) is 0 Å². The Balaban J connectivity index is 2.26. The summed E-state index contributed by atoms with van der Waals surface area (Å²) in [6, 6.07) is 6.98. The van der Waals surface area contributed by atoms with Crippen LogP contribution in [0.15, 0.2) is 24.3 Å². The third-order valence-electron chi connectivity index (χ3n) is 3.11. The number of aromatic carboxylic acids is 1. The van der Waals surface area contributed by atoms with Crippen molar-refractivity contribution in [2.24, 2.45) is 0 Å². The minimum Gasteiger partial charge on any atom is -0.478 e. The van der Waals surface area contributed by atoms with Gasteiger partial charge in [-0.3, -0.25) is 0 Å². The van der Waals surface area contributed by atoms with Crippen LogP contribution < -0.4 is 0 Å². The summed E-state index contributed by atoms with van der Waals surface area (Å²) in [5, 5.41) is 8.78. The standard InChI is InChI=1S/C12H14O3/c1-2-12(7-8-15-12)10-5-3-9(4-6-10)11(13)14/h3-6H,2,7-8H2,1H3,(H,13,14). The average Bonchev–Trinajstić information content (AvgIpc) is 2.18. The van der Waals surface area contributed by atoms with E-state index in [1.165, 1.54) is 0 Å². The van der Waals surface area contributed by atoms with Gasteiger partial charge in [-0.15, -0.1) is 0 Å². The number of carbonyl (C=O) groups is 1. The maximum Gasteiger partial charge on any atom is 0.335 e. The lowest BCUT2D eigenvalue weighted by molar-refractivity contribution is -0.156. The minimum atomic E-state index is -0.887. The zero-order chi connectivity index (χ0) is 10.9. The Morgan fingerprint density at radius 2 is 2.07 bits per heavy atom. The van der Waals surface area contributed by atoms with E-state index in [9.17, 15) is 4.79 Å². The number of rotatable bonds is 3. The molecule has 0 aliphatic carbocycles. The first-order valence-corrected chi connectivity index (χ1v) is 5.16. The van der Waals surface area contributed by atoms with Crippen LogP contribution in [0.3, 0.4) is 0 Å². The number of hydrogen-bond acceptors (Lipinski definition) is 2. The third-order valence-corrected chi connectivity index (χ3v) is 3.11. The molecule has 15 heavy (non-hydrogen) atoms. The predicted molar refractivity (Wildman–Crippen MR) is 55.9 cm³/mol. The molecule has 0 aromatic heterocycles. The van der Waals surface area contributed by atoms with Gasteiger partial charge in [0.05, 0.1) is 17.8 Å². The van der Waals surface area contributed by atoms with E-state index in [0.717, 1.165) is 25.0 Å². The summed E-state index contributed by atoms with van der Waals surface area (Å²) in [7, 11) is 0. The molecule has 3 heteroatoms. The molecule has 80 valence electrons. The van der Waals surface area contributed by atoms with Crippen LogP contribution in [-0.2, 0) is 10.3 Å². The molecule has 1 aliphatic heterocycles. The normalized spacial score (nSPS) is 24.6. The van der Waals surface area contributed by atoms with Gasteiger partial charge in [-0.05, 0) is 24.1 Å². The van der Waals surface area contributed by atoms with E-state index in [2.05, 4.69) is 6.92 Å². The van der Waals surface area contributed by atoms with E-state index in [0.29, 0.717) is 5.56 Å². The van der Waals surface area contributed by atoms with Crippen molar-refractivity contribution in [1.29, 1.82) is 0 Å². The highest BCUT2D eigenvalue weighted by Gasteiger charge is 2.38. The molecule has 1 aromatic carbocycles. The van der Waals surface area contributed by atoms with Crippen LogP contribution in [0.1, 0.15) is 35.7 Å². The van der Waals surface area contributed by atoms with Crippen molar-refractivity contribution < 1.29 is 14.6 Å². The molecule has 1 N–H and O–H groups in total. The fourth-order valence-electron chi connectivity index (χ4n) is 1.98. The number of carboxylic acids is 1. The van der Waals surface area contributed by atoms with Crippen LogP contribution >= 0.6 is 0 Å². The second-order valence-electron chi connectivity index (χ2n) is 3.83. The Kier molecular flexibility index (Phi) is 2.49. The van der Waals surface area contributed by atoms with E-state index >= 15 is 0 Å². The van der Waals surface area contributed by atoms with Gasteiger partial charge in [0.2, 0.25) is 0 Å². The first-order valence-electron chi connectivity index (χ1n) is 5.16. The lowest BCUT2D eigenvalue weighted by Gasteiger charge is -2.41. The van der Waals surface area contributed by atoms with Crippen LogP contribution in [0.4, 0.5) is 0 Å². The van der Waals surface area contributed by atoms with E-state index in [-0.39, 0.29) is 5.60 Å². The SMILES string of the molecule is CCC1(c2ccc(C(=O)O)cc2)CCO1. The monoisotopic (exact) mass is 206 g/mol. The van der Waals surface area contributed by atoms with Crippen LogP contribution in [0.25, 0.3) is 0 Å². The van der Waals surface area contributed by atoms with E-state index in [4.69, 9.17) is 9.84 Å². The molecule has 2 rings (SSSR count). The molecule has 1 aliphatic rings. The zero-order valence-corrected chi connectivity index (χ0v) is 8.69. The summed E-state index contributed by atoms with van der Waals surface area (Å²) in [4.78, 5) is 10.7. The molecule has 0 bridgehead atoms. The fraction of sp³-hybridized carbons (Fsp3) is 0.417. The predicted octanol–water partition coefficient (Wildman–Crippen LogP) is 2.41. The van der Waals surface area contributed by atoms with Crippen LogP contribution in [0.2, 0.25) is 0 Å². The maximum atomic E-state index is 10.7. The second kappa shape index (κ2) is 3.66. The maximum absolute atomic E-state index is 10.7. The van der Waals surface area contributed by atoms with Crippen LogP contribution in [0, 0.1) is 0 Å². The van der Waals surface area contributed by atoms with Crippen molar-refractivity contribution in [2.45, 2.75) is 25.4 Å². The number of hydrogen-bond donors (Lipinski definition) is 1. The molecule has 3 nitrogen and oxygen atoms in total. The van der Waals surface area contributed by atoms with Crippen molar-refractivity contribution in [3.05, 3.63) is 35.4 Å².